The minimum absolute atomic E-state index is 0.0480. The summed E-state index contributed by atoms with van der Waals surface area (Å²) in [6.07, 6.45) is 4.90. The van der Waals surface area contributed by atoms with Crippen molar-refractivity contribution < 1.29 is 14.3 Å². The zero-order valence-corrected chi connectivity index (χ0v) is 19.4. The molecule has 8 nitrogen and oxygen atoms in total. The number of halogens is 1. The van der Waals surface area contributed by atoms with Crippen LogP contribution in [0, 0.1) is 17.8 Å². The number of likely N-dealkylation sites (N-methyl/N-ethyl adjacent to an activating group) is 1. The number of nitrogens with one attached hydrogen (secondary N) is 2. The molecule has 1 aromatic rings. The lowest BCUT2D eigenvalue weighted by Crippen LogP contribution is -2.52. The third kappa shape index (κ3) is 6.73. The molecule has 0 radical (unpaired) electrons. The van der Waals surface area contributed by atoms with Gasteiger partial charge in [-0.25, -0.2) is 9.78 Å². The molecule has 2 amide bonds. The van der Waals surface area contributed by atoms with E-state index in [0.717, 1.165) is 31.2 Å². The number of hydrogen-bond donors (Lipinski definition) is 2. The van der Waals surface area contributed by atoms with Gasteiger partial charge in [0.15, 0.2) is 0 Å². The molecule has 1 heterocycles. The van der Waals surface area contributed by atoms with E-state index < -0.39 is 17.7 Å². The molecular formula is C22H30ClN5O3. The van der Waals surface area contributed by atoms with Crippen LogP contribution in [0.15, 0.2) is 6.20 Å². The predicted octanol–water partition coefficient (Wildman–Crippen LogP) is 3.21. The molecule has 2 aliphatic rings. The van der Waals surface area contributed by atoms with Gasteiger partial charge in [-0.15, -0.1) is 0 Å². The second-order valence-corrected chi connectivity index (χ2v) is 9.57. The van der Waals surface area contributed by atoms with Gasteiger partial charge in [0.2, 0.25) is 11.2 Å². The first-order chi connectivity index (χ1) is 14.5. The van der Waals surface area contributed by atoms with Crippen molar-refractivity contribution in [2.45, 2.75) is 77.1 Å². The summed E-state index contributed by atoms with van der Waals surface area (Å²) < 4.78 is 5.32. The SMILES string of the molecule is C[C@@H](C(=O)NC1CC(C#Cc2cnc(Cl)nc2NC2CC2)C1)N(C)C(=O)OC(C)(C)C. The number of rotatable bonds is 5. The Morgan fingerprint density at radius 2 is 1.97 bits per heavy atom. The van der Waals surface area contributed by atoms with E-state index in [1.807, 2.05) is 0 Å². The van der Waals surface area contributed by atoms with Crippen LogP contribution >= 0.6 is 11.6 Å². The van der Waals surface area contributed by atoms with Gasteiger partial charge < -0.3 is 15.4 Å². The molecule has 9 heteroatoms. The van der Waals surface area contributed by atoms with Crippen molar-refractivity contribution in [3.63, 3.8) is 0 Å². The van der Waals surface area contributed by atoms with Crippen molar-refractivity contribution in [2.24, 2.45) is 5.92 Å². The number of hydrogen-bond acceptors (Lipinski definition) is 6. The molecule has 2 fully saturated rings. The van der Waals surface area contributed by atoms with E-state index in [9.17, 15) is 9.59 Å². The van der Waals surface area contributed by atoms with Gasteiger partial charge in [-0.05, 0) is 65.0 Å². The molecule has 2 aliphatic carbocycles. The molecule has 2 saturated carbocycles. The predicted molar refractivity (Wildman–Crippen MR) is 119 cm³/mol. The lowest BCUT2D eigenvalue weighted by atomic mass is 9.80. The maximum absolute atomic E-state index is 12.5. The maximum atomic E-state index is 12.5. The van der Waals surface area contributed by atoms with Crippen molar-refractivity contribution in [2.75, 3.05) is 12.4 Å². The number of ether oxygens (including phenoxy) is 1. The fourth-order valence-corrected chi connectivity index (χ4v) is 3.14. The zero-order valence-electron chi connectivity index (χ0n) is 18.7. The van der Waals surface area contributed by atoms with Crippen LogP contribution < -0.4 is 10.6 Å². The number of amides is 2. The van der Waals surface area contributed by atoms with Crippen molar-refractivity contribution in [1.82, 2.24) is 20.2 Å². The highest BCUT2D eigenvalue weighted by atomic mass is 35.5. The van der Waals surface area contributed by atoms with Crippen molar-refractivity contribution in [1.29, 1.82) is 0 Å². The molecule has 1 atom stereocenters. The summed E-state index contributed by atoms with van der Waals surface area (Å²) in [5.74, 6) is 7.05. The minimum Gasteiger partial charge on any atom is -0.444 e. The van der Waals surface area contributed by atoms with Crippen molar-refractivity contribution >= 4 is 29.4 Å². The van der Waals surface area contributed by atoms with E-state index in [-0.39, 0.29) is 23.2 Å². The summed E-state index contributed by atoms with van der Waals surface area (Å²) in [5.41, 5.74) is 0.126. The first-order valence-corrected chi connectivity index (χ1v) is 11.0. The third-order valence-electron chi connectivity index (χ3n) is 5.21. The van der Waals surface area contributed by atoms with Gasteiger partial charge >= 0.3 is 6.09 Å². The number of anilines is 1. The fourth-order valence-electron chi connectivity index (χ4n) is 3.01. The normalized spacial score (nSPS) is 21.1. The average molecular weight is 448 g/mol. The molecule has 0 aliphatic heterocycles. The summed E-state index contributed by atoms with van der Waals surface area (Å²) in [7, 11) is 1.56. The molecule has 0 spiro atoms. The molecule has 3 rings (SSSR count). The van der Waals surface area contributed by atoms with E-state index in [1.165, 1.54) is 4.90 Å². The monoisotopic (exact) mass is 447 g/mol. The van der Waals surface area contributed by atoms with Crippen LogP contribution in [0.2, 0.25) is 5.28 Å². The molecule has 0 saturated heterocycles. The van der Waals surface area contributed by atoms with Gasteiger partial charge in [0, 0.05) is 31.2 Å². The highest BCUT2D eigenvalue weighted by Gasteiger charge is 2.33. The van der Waals surface area contributed by atoms with Crippen LogP contribution in [0.25, 0.3) is 0 Å². The minimum atomic E-state index is -0.623. The van der Waals surface area contributed by atoms with Crippen molar-refractivity contribution in [3.8, 4) is 11.8 Å². The second-order valence-electron chi connectivity index (χ2n) is 9.23. The van der Waals surface area contributed by atoms with Gasteiger partial charge in [-0.3, -0.25) is 9.69 Å². The summed E-state index contributed by atoms with van der Waals surface area (Å²) in [6, 6.07) is -0.135. The highest BCUT2D eigenvalue weighted by Crippen LogP contribution is 2.28. The van der Waals surface area contributed by atoms with Gasteiger partial charge in [0.1, 0.15) is 17.5 Å². The van der Waals surface area contributed by atoms with Gasteiger partial charge in [0.25, 0.3) is 0 Å². The van der Waals surface area contributed by atoms with Crippen LogP contribution in [0.1, 0.15) is 58.9 Å². The van der Waals surface area contributed by atoms with E-state index in [2.05, 4.69) is 32.4 Å². The topological polar surface area (TPSA) is 96.5 Å². The molecule has 2 N–H and O–H groups in total. The fraction of sp³-hybridized carbons (Fsp3) is 0.636. The first-order valence-electron chi connectivity index (χ1n) is 10.6. The average Bonchev–Trinajstić information content (AvgIpc) is 3.45. The molecule has 168 valence electrons. The van der Waals surface area contributed by atoms with Gasteiger partial charge in [-0.2, -0.15) is 4.98 Å². The Hall–Kier alpha value is -2.53. The summed E-state index contributed by atoms with van der Waals surface area (Å²) >= 11 is 5.91. The van der Waals surface area contributed by atoms with Crippen LogP contribution in [0.4, 0.5) is 10.6 Å². The van der Waals surface area contributed by atoms with E-state index in [1.54, 1.807) is 40.9 Å². The highest BCUT2D eigenvalue weighted by molar-refractivity contribution is 6.28. The van der Waals surface area contributed by atoms with Gasteiger partial charge in [-0.1, -0.05) is 11.8 Å². The van der Waals surface area contributed by atoms with Crippen LogP contribution in [-0.2, 0) is 9.53 Å². The van der Waals surface area contributed by atoms with Crippen LogP contribution in [0.3, 0.4) is 0 Å². The Kier molecular flexibility index (Phi) is 6.95. The molecular weight excluding hydrogens is 418 g/mol. The lowest BCUT2D eigenvalue weighted by Gasteiger charge is -2.34. The summed E-state index contributed by atoms with van der Waals surface area (Å²) in [5, 5.41) is 6.51. The van der Waals surface area contributed by atoms with Crippen LogP contribution in [0.5, 0.6) is 0 Å². The standard InChI is InChI=1S/C22H30ClN5O3/c1-13(28(5)21(30)31-22(2,3)4)19(29)26-17-10-14(11-17)6-7-15-12-24-20(23)27-18(15)25-16-8-9-16/h12-14,16-17H,8-11H2,1-5H3,(H,26,29)(H,24,25,27)/t13-,14?,17?/m0/s1. The number of carbonyl (C=O) groups excluding carboxylic acids is 2. The molecule has 1 aromatic heterocycles. The van der Waals surface area contributed by atoms with E-state index in [4.69, 9.17) is 16.3 Å². The van der Waals surface area contributed by atoms with Crippen molar-refractivity contribution in [3.05, 3.63) is 17.0 Å². The quantitative estimate of drug-likeness (QED) is 0.531. The Bertz CT molecular complexity index is 895. The van der Waals surface area contributed by atoms with Crippen LogP contribution in [-0.4, -0.2) is 57.6 Å². The maximum Gasteiger partial charge on any atom is 0.410 e. The Labute approximate surface area is 188 Å². The van der Waals surface area contributed by atoms with Gasteiger partial charge in [0.05, 0.1) is 5.56 Å². The smallest absolute Gasteiger partial charge is 0.410 e. The number of aromatic nitrogens is 2. The lowest BCUT2D eigenvalue weighted by molar-refractivity contribution is -0.126. The Morgan fingerprint density at radius 1 is 1.29 bits per heavy atom. The second kappa shape index (κ2) is 9.31. The first kappa shape index (κ1) is 23.1. The molecule has 31 heavy (non-hydrogen) atoms. The Balaban J connectivity index is 1.48. The number of carbonyl (C=O) groups is 2. The molecule has 0 aromatic carbocycles. The van der Waals surface area contributed by atoms with E-state index >= 15 is 0 Å². The Morgan fingerprint density at radius 3 is 2.58 bits per heavy atom. The zero-order chi connectivity index (χ0) is 22.8. The summed E-state index contributed by atoms with van der Waals surface area (Å²) in [4.78, 5) is 34.2. The van der Waals surface area contributed by atoms with E-state index in [0.29, 0.717) is 11.9 Å². The molecule has 0 bridgehead atoms. The largest absolute Gasteiger partial charge is 0.444 e. The third-order valence-corrected chi connectivity index (χ3v) is 5.40. The molecule has 0 unspecified atom stereocenters. The summed E-state index contributed by atoms with van der Waals surface area (Å²) in [6.45, 7) is 7.06. The number of nitrogens with zero attached hydrogens (tertiary/aromatic N) is 3.